The normalized spacial score (nSPS) is 12.4. The van der Waals surface area contributed by atoms with Crippen LogP contribution < -0.4 is 15.0 Å². The standard InChI is InChI=1S/C36H70N5O4Si/c1-7-13-16-19-22-25-28-41(29-26-23-20-17-14-8-2)34-37-33(38-35(39-34)43-30-27-24-21-18-15-9-3)40-36(44-11-5,45-12-6)32(31-46)42-10-4/h32H,7-31H2,1-6H3,(H,37,38,39,40). The molecule has 1 unspecified atom stereocenters. The van der Waals surface area contributed by atoms with E-state index in [2.05, 4.69) is 41.2 Å². The van der Waals surface area contributed by atoms with Crippen LogP contribution in [0.5, 0.6) is 6.01 Å². The van der Waals surface area contributed by atoms with E-state index in [4.69, 9.17) is 33.9 Å². The van der Waals surface area contributed by atoms with E-state index >= 15 is 0 Å². The molecule has 1 N–H and O–H groups in total. The van der Waals surface area contributed by atoms with Gasteiger partial charge in [0.2, 0.25) is 11.9 Å². The van der Waals surface area contributed by atoms with Crippen LogP contribution in [-0.4, -0.2) is 76.7 Å². The zero-order valence-corrected chi connectivity index (χ0v) is 31.7. The Balaban J connectivity index is 3.32. The van der Waals surface area contributed by atoms with Gasteiger partial charge in [0.25, 0.3) is 5.91 Å². The molecular formula is C36H70N5O4Si. The number of unbranched alkanes of at least 4 members (excludes halogenated alkanes) is 15. The summed E-state index contributed by atoms with van der Waals surface area (Å²) in [6, 6.07) is 0.840. The molecule has 0 amide bonds. The zero-order chi connectivity index (χ0) is 33.7. The van der Waals surface area contributed by atoms with Crippen LogP contribution in [0.2, 0.25) is 6.04 Å². The molecule has 1 aromatic heterocycles. The molecule has 0 bridgehead atoms. The smallest absolute Gasteiger partial charge is 0.323 e. The summed E-state index contributed by atoms with van der Waals surface area (Å²) >= 11 is 0. The van der Waals surface area contributed by atoms with Crippen LogP contribution >= 0.6 is 0 Å². The molecule has 0 spiro atoms. The van der Waals surface area contributed by atoms with E-state index in [9.17, 15) is 0 Å². The Morgan fingerprint density at radius 3 is 1.61 bits per heavy atom. The van der Waals surface area contributed by atoms with Crippen molar-refractivity contribution in [1.29, 1.82) is 0 Å². The lowest BCUT2D eigenvalue weighted by Crippen LogP contribution is -2.55. The van der Waals surface area contributed by atoms with Crippen LogP contribution in [0, 0.1) is 0 Å². The Labute approximate surface area is 286 Å². The summed E-state index contributed by atoms with van der Waals surface area (Å²) in [4.78, 5) is 16.9. The Kier molecular flexibility index (Phi) is 26.4. The topological polar surface area (TPSA) is 90.9 Å². The van der Waals surface area contributed by atoms with Gasteiger partial charge in [-0.25, -0.2) is 0 Å². The highest BCUT2D eigenvalue weighted by Crippen LogP contribution is 2.27. The summed E-state index contributed by atoms with van der Waals surface area (Å²) in [5, 5.41) is 3.40. The molecule has 0 saturated heterocycles. The highest BCUT2D eigenvalue weighted by Gasteiger charge is 2.42. The minimum atomic E-state index is -1.28. The third kappa shape index (κ3) is 18.2. The molecule has 0 aliphatic carbocycles. The highest BCUT2D eigenvalue weighted by molar-refractivity contribution is 6.09. The van der Waals surface area contributed by atoms with Crippen LogP contribution in [0.25, 0.3) is 0 Å². The van der Waals surface area contributed by atoms with E-state index in [1.807, 2.05) is 20.8 Å². The molecule has 1 atom stereocenters. The van der Waals surface area contributed by atoms with E-state index in [-0.39, 0.29) is 0 Å². The summed E-state index contributed by atoms with van der Waals surface area (Å²) in [5.41, 5.74) is 0. The minimum Gasteiger partial charge on any atom is -0.463 e. The molecule has 1 heterocycles. The van der Waals surface area contributed by atoms with E-state index < -0.39 is 12.0 Å². The van der Waals surface area contributed by atoms with Crippen molar-refractivity contribution in [3.8, 4) is 6.01 Å². The van der Waals surface area contributed by atoms with Gasteiger partial charge in [-0.15, -0.1) is 0 Å². The van der Waals surface area contributed by atoms with Crippen LogP contribution in [0.1, 0.15) is 157 Å². The number of hydrogen-bond donors (Lipinski definition) is 1. The third-order valence-electron chi connectivity index (χ3n) is 8.16. The van der Waals surface area contributed by atoms with E-state index in [1.165, 1.54) is 89.9 Å². The lowest BCUT2D eigenvalue weighted by molar-refractivity contribution is -0.267. The fourth-order valence-electron chi connectivity index (χ4n) is 5.60. The average Bonchev–Trinajstić information content (AvgIpc) is 3.05. The van der Waals surface area contributed by atoms with E-state index in [0.717, 1.165) is 38.8 Å². The Hall–Kier alpha value is -1.49. The lowest BCUT2D eigenvalue weighted by Gasteiger charge is -2.39. The molecule has 0 aromatic carbocycles. The highest BCUT2D eigenvalue weighted by atomic mass is 28.1. The first-order valence-corrected chi connectivity index (χ1v) is 19.7. The van der Waals surface area contributed by atoms with E-state index in [1.54, 1.807) is 0 Å². The van der Waals surface area contributed by atoms with Crippen LogP contribution in [0.4, 0.5) is 11.9 Å². The predicted molar refractivity (Wildman–Crippen MR) is 193 cm³/mol. The van der Waals surface area contributed by atoms with Crippen molar-refractivity contribution in [1.82, 2.24) is 15.0 Å². The van der Waals surface area contributed by atoms with Gasteiger partial charge in [0.15, 0.2) is 0 Å². The van der Waals surface area contributed by atoms with Gasteiger partial charge in [-0.05, 0) is 46.1 Å². The summed E-state index contributed by atoms with van der Waals surface area (Å²) in [6.45, 7) is 16.4. The first-order chi connectivity index (χ1) is 22.5. The van der Waals surface area contributed by atoms with Gasteiger partial charge in [-0.3, -0.25) is 0 Å². The van der Waals surface area contributed by atoms with Crippen LogP contribution in [-0.2, 0) is 14.2 Å². The van der Waals surface area contributed by atoms with Gasteiger partial charge >= 0.3 is 6.01 Å². The maximum atomic E-state index is 6.24. The molecule has 9 nitrogen and oxygen atoms in total. The number of anilines is 2. The van der Waals surface area contributed by atoms with Gasteiger partial charge in [-0.2, -0.15) is 15.0 Å². The monoisotopic (exact) mass is 665 g/mol. The second-order valence-corrected chi connectivity index (χ2v) is 12.6. The fraction of sp³-hybridized carbons (Fsp3) is 0.917. The first kappa shape index (κ1) is 42.5. The summed E-state index contributed by atoms with van der Waals surface area (Å²) in [5.74, 6) is -0.267. The van der Waals surface area contributed by atoms with Gasteiger partial charge in [0, 0.05) is 43.2 Å². The third-order valence-corrected chi connectivity index (χ3v) is 8.53. The van der Waals surface area contributed by atoms with Crippen LogP contribution in [0.3, 0.4) is 0 Å². The van der Waals surface area contributed by atoms with Gasteiger partial charge < -0.3 is 29.2 Å². The maximum absolute atomic E-state index is 6.24. The fourth-order valence-corrected chi connectivity index (χ4v) is 5.99. The molecular weight excluding hydrogens is 595 g/mol. The zero-order valence-electron chi connectivity index (χ0n) is 30.7. The number of nitrogens with one attached hydrogen (secondary N) is 1. The Bertz CT molecular complexity index is 816. The van der Waals surface area contributed by atoms with Gasteiger partial charge in [-0.1, -0.05) is 117 Å². The molecule has 0 aliphatic rings. The van der Waals surface area contributed by atoms with Crippen molar-refractivity contribution < 1.29 is 18.9 Å². The largest absolute Gasteiger partial charge is 0.463 e. The molecule has 0 saturated carbocycles. The molecule has 1 aromatic rings. The van der Waals surface area contributed by atoms with Gasteiger partial charge in [0.05, 0.1) is 6.61 Å². The number of nitrogens with zero attached hydrogens (tertiary/aromatic N) is 4. The number of aromatic nitrogens is 3. The van der Waals surface area contributed by atoms with Crippen molar-refractivity contribution >= 4 is 22.1 Å². The first-order valence-electron chi connectivity index (χ1n) is 19.0. The Morgan fingerprint density at radius 1 is 0.630 bits per heavy atom. The Morgan fingerprint density at radius 2 is 1.13 bits per heavy atom. The number of rotatable bonds is 33. The number of ether oxygens (including phenoxy) is 4. The maximum Gasteiger partial charge on any atom is 0.323 e. The second kappa shape index (κ2) is 28.5. The molecule has 3 radical (unpaired) electrons. The second-order valence-electron chi connectivity index (χ2n) is 12.2. The summed E-state index contributed by atoms with van der Waals surface area (Å²) in [6.07, 6.45) is 21.6. The summed E-state index contributed by atoms with van der Waals surface area (Å²) in [7, 11) is 3.67. The number of hydrogen-bond acceptors (Lipinski definition) is 9. The van der Waals surface area contributed by atoms with Crippen molar-refractivity contribution in [2.75, 3.05) is 49.7 Å². The lowest BCUT2D eigenvalue weighted by atomic mass is 10.1. The molecule has 10 heteroatoms. The van der Waals surface area contributed by atoms with Crippen molar-refractivity contribution in [2.24, 2.45) is 0 Å². The minimum absolute atomic E-state index is 0.338. The van der Waals surface area contributed by atoms with Gasteiger partial charge in [0.1, 0.15) is 6.10 Å². The quantitative estimate of drug-likeness (QED) is 0.0448. The SMILES string of the molecule is CCCCCCCCOc1nc(NC(OCC)(OCC)C(C[Si])OCC)nc(N(CCCCCCCC)CCCCCCCC)n1. The van der Waals surface area contributed by atoms with Crippen molar-refractivity contribution in [2.45, 2.75) is 175 Å². The molecule has 267 valence electrons. The molecule has 1 rings (SSSR count). The predicted octanol–water partition coefficient (Wildman–Crippen LogP) is 9.27. The molecule has 0 fully saturated rings. The van der Waals surface area contributed by atoms with Crippen molar-refractivity contribution in [3.63, 3.8) is 0 Å². The van der Waals surface area contributed by atoms with E-state index in [0.29, 0.717) is 50.4 Å². The van der Waals surface area contributed by atoms with Crippen LogP contribution in [0.15, 0.2) is 0 Å². The summed E-state index contributed by atoms with van der Waals surface area (Å²) < 4.78 is 24.8. The van der Waals surface area contributed by atoms with Crippen molar-refractivity contribution in [3.05, 3.63) is 0 Å². The molecule has 0 aliphatic heterocycles. The average molecular weight is 665 g/mol. The molecule has 46 heavy (non-hydrogen) atoms.